The van der Waals surface area contributed by atoms with E-state index in [-0.39, 0.29) is 33.7 Å². The van der Waals surface area contributed by atoms with E-state index in [9.17, 15) is 18.4 Å². The molecule has 0 saturated heterocycles. The number of fused-ring (bicyclic) bond motifs is 10. The molecule has 7 nitrogen and oxygen atoms in total. The van der Waals surface area contributed by atoms with E-state index in [4.69, 9.17) is 0 Å². The minimum absolute atomic E-state index is 0.0180. The van der Waals surface area contributed by atoms with Crippen molar-refractivity contribution in [1.29, 1.82) is 0 Å². The van der Waals surface area contributed by atoms with E-state index in [2.05, 4.69) is 41.0 Å². The summed E-state index contributed by atoms with van der Waals surface area (Å²) < 4.78 is 35.9. The molecule has 2 aliphatic rings. The lowest BCUT2D eigenvalue weighted by Gasteiger charge is -2.26. The summed E-state index contributed by atoms with van der Waals surface area (Å²) in [5.74, 6) is -0.450. The van der Waals surface area contributed by atoms with Crippen LogP contribution in [-0.2, 0) is 37.0 Å². The first kappa shape index (κ1) is 29.9. The van der Waals surface area contributed by atoms with Gasteiger partial charge in [-0.05, 0) is 59.5 Å². The summed E-state index contributed by atoms with van der Waals surface area (Å²) >= 11 is 0. The molecule has 2 aromatic carbocycles. The normalized spacial score (nSPS) is 13.9. The maximum absolute atomic E-state index is 14.1. The zero-order valence-electron chi connectivity index (χ0n) is 27.0. The highest BCUT2D eigenvalue weighted by Crippen LogP contribution is 2.35. The van der Waals surface area contributed by atoms with Crippen LogP contribution in [0.2, 0.25) is 0 Å². The van der Waals surface area contributed by atoms with Crippen molar-refractivity contribution in [3.63, 3.8) is 0 Å². The average Bonchev–Trinajstić information content (AvgIpc) is 3.57. The average molecular weight is 622 g/mol. The molecule has 0 unspecified atom stereocenters. The van der Waals surface area contributed by atoms with Gasteiger partial charge in [-0.15, -0.1) is 0 Å². The van der Waals surface area contributed by atoms with E-state index in [1.54, 1.807) is 27.3 Å². The second kappa shape index (κ2) is 10.4. The summed E-state index contributed by atoms with van der Waals surface area (Å²) in [7, 11) is 0. The molecule has 0 spiro atoms. The molecule has 0 saturated carbocycles. The second-order valence-electron chi connectivity index (χ2n) is 14.3. The number of benzene rings is 2. The zero-order chi connectivity index (χ0) is 32.7. The summed E-state index contributed by atoms with van der Waals surface area (Å²) in [4.78, 5) is 29.1. The molecule has 0 aliphatic carbocycles. The minimum Gasteiger partial charge on any atom is -0.337 e. The van der Waals surface area contributed by atoms with Crippen LogP contribution in [0.15, 0.2) is 76.3 Å². The van der Waals surface area contributed by atoms with Crippen LogP contribution in [0.25, 0.3) is 44.6 Å². The van der Waals surface area contributed by atoms with Crippen LogP contribution < -0.4 is 11.2 Å². The van der Waals surface area contributed by atoms with E-state index in [1.165, 1.54) is 12.1 Å². The lowest BCUT2D eigenvalue weighted by atomic mass is 9.87. The summed E-state index contributed by atoms with van der Waals surface area (Å²) in [5, 5.41) is 1.21. The molecule has 8 rings (SSSR count). The van der Waals surface area contributed by atoms with Crippen molar-refractivity contribution < 1.29 is 8.78 Å². The lowest BCUT2D eigenvalue weighted by molar-refractivity contribution is 0.518. The Morgan fingerprint density at radius 2 is 1.07 bits per heavy atom. The maximum Gasteiger partial charge on any atom is 0.348 e. The van der Waals surface area contributed by atoms with Gasteiger partial charge >= 0.3 is 5.69 Å². The van der Waals surface area contributed by atoms with Crippen molar-refractivity contribution in [3.05, 3.63) is 110 Å². The van der Waals surface area contributed by atoms with Gasteiger partial charge in [0.1, 0.15) is 11.6 Å². The first-order valence-electron chi connectivity index (χ1n) is 15.7. The second-order valence-corrected chi connectivity index (χ2v) is 14.3. The van der Waals surface area contributed by atoms with Gasteiger partial charge in [0.25, 0.3) is 5.56 Å². The minimum atomic E-state index is -0.233. The molecule has 236 valence electrons. The molecule has 0 amide bonds. The van der Waals surface area contributed by atoms with Crippen LogP contribution in [0.1, 0.15) is 52.8 Å². The van der Waals surface area contributed by atoms with E-state index in [0.717, 1.165) is 45.1 Å². The number of hydrogen-bond donors (Lipinski definition) is 0. The Balaban J connectivity index is 0.000000147. The number of pyridine rings is 1. The molecular formula is C37H37F2N5O2. The van der Waals surface area contributed by atoms with Crippen LogP contribution in [0, 0.1) is 11.6 Å². The van der Waals surface area contributed by atoms with E-state index < -0.39 is 0 Å². The molecule has 0 radical (unpaired) electrons. The number of nitrogens with zero attached hydrogens (tertiary/aromatic N) is 5. The molecule has 2 aliphatic heterocycles. The third-order valence-corrected chi connectivity index (χ3v) is 9.18. The molecule has 0 fully saturated rings. The number of hydrogen-bond acceptors (Lipinski definition) is 3. The highest BCUT2D eigenvalue weighted by atomic mass is 19.1. The molecule has 6 heterocycles. The van der Waals surface area contributed by atoms with Gasteiger partial charge in [0, 0.05) is 48.4 Å². The van der Waals surface area contributed by atoms with Gasteiger partial charge < -0.3 is 13.7 Å². The van der Waals surface area contributed by atoms with Gasteiger partial charge in [0.2, 0.25) is 0 Å². The highest BCUT2D eigenvalue weighted by Gasteiger charge is 2.26. The lowest BCUT2D eigenvalue weighted by Crippen LogP contribution is -2.33. The predicted octanol–water partition coefficient (Wildman–Crippen LogP) is 7.24. The molecule has 0 bridgehead atoms. The number of aryl methyl sites for hydroxylation is 2. The monoisotopic (exact) mass is 621 g/mol. The van der Waals surface area contributed by atoms with E-state index in [0.29, 0.717) is 37.0 Å². The predicted molar refractivity (Wildman–Crippen MR) is 178 cm³/mol. The number of halogens is 2. The molecule has 0 atom stereocenters. The molecule has 46 heavy (non-hydrogen) atoms. The van der Waals surface area contributed by atoms with Crippen molar-refractivity contribution >= 4 is 21.8 Å². The quantitative estimate of drug-likeness (QED) is 0.180. The number of aromatic nitrogens is 5. The third kappa shape index (κ3) is 4.80. The number of rotatable bonds is 0. The molecule has 4 aromatic heterocycles. The first-order valence-corrected chi connectivity index (χ1v) is 15.7. The standard InChI is InChI=1S/C19H19FN2O.C18H18FN3O/c1-19(2,3)12-9-16-17-11-13-14(20)5-4-6-15(13)21(17)7-8-22(16)18(23)10-12;1-18(2,3)16-10-15-14-9-11-12(19)5-4-6-13(11)21(14)7-8-22(15)17(23)20-16/h4-6,9-11H,7-8H2,1-3H3;4-6,9-10H,7-8H2,1-3H3. The fourth-order valence-corrected chi connectivity index (χ4v) is 6.59. The van der Waals surface area contributed by atoms with Crippen molar-refractivity contribution in [3.8, 4) is 22.8 Å². The fourth-order valence-electron chi connectivity index (χ4n) is 6.59. The fraction of sp³-hybridized carbons (Fsp3) is 0.324. The van der Waals surface area contributed by atoms with Crippen molar-refractivity contribution in [2.75, 3.05) is 0 Å². The summed E-state index contributed by atoms with van der Waals surface area (Å²) in [6, 6.07) is 19.7. The summed E-state index contributed by atoms with van der Waals surface area (Å²) in [5.41, 5.74) is 6.48. The van der Waals surface area contributed by atoms with Gasteiger partial charge in [-0.25, -0.2) is 13.6 Å². The maximum atomic E-state index is 14.1. The molecular weight excluding hydrogens is 584 g/mol. The van der Waals surface area contributed by atoms with Crippen LogP contribution in [0.3, 0.4) is 0 Å². The van der Waals surface area contributed by atoms with Crippen LogP contribution >= 0.6 is 0 Å². The summed E-state index contributed by atoms with van der Waals surface area (Å²) in [6.07, 6.45) is 0. The van der Waals surface area contributed by atoms with Crippen LogP contribution in [0.5, 0.6) is 0 Å². The van der Waals surface area contributed by atoms with Gasteiger partial charge in [0.15, 0.2) is 0 Å². The third-order valence-electron chi connectivity index (χ3n) is 9.18. The topological polar surface area (TPSA) is 66.8 Å². The van der Waals surface area contributed by atoms with Gasteiger partial charge in [-0.1, -0.05) is 53.7 Å². The Bertz CT molecular complexity index is 2140. The smallest absolute Gasteiger partial charge is 0.337 e. The van der Waals surface area contributed by atoms with Crippen LogP contribution in [-0.4, -0.2) is 23.3 Å². The molecule has 6 aromatic rings. The van der Waals surface area contributed by atoms with E-state index in [1.807, 2.05) is 51.1 Å². The Hall–Kier alpha value is -4.79. The largest absolute Gasteiger partial charge is 0.348 e. The zero-order valence-corrected chi connectivity index (χ0v) is 27.0. The van der Waals surface area contributed by atoms with Gasteiger partial charge in [-0.2, -0.15) is 4.98 Å². The van der Waals surface area contributed by atoms with Gasteiger partial charge in [-0.3, -0.25) is 9.36 Å². The Labute approximate surface area is 265 Å². The summed E-state index contributed by atoms with van der Waals surface area (Å²) in [6.45, 7) is 14.9. The van der Waals surface area contributed by atoms with Gasteiger partial charge in [0.05, 0.1) is 39.5 Å². The van der Waals surface area contributed by atoms with Crippen molar-refractivity contribution in [1.82, 2.24) is 23.3 Å². The molecule has 0 N–H and O–H groups in total. The SMILES string of the molecule is CC(C)(C)c1cc2n(c(=O)c1)CCn1c-2cc2c(F)cccc21.CC(C)(C)c1cc2n(c(=O)n1)CCn1c-2cc2c(F)cccc21. The van der Waals surface area contributed by atoms with E-state index >= 15 is 0 Å². The van der Waals surface area contributed by atoms with Crippen molar-refractivity contribution in [2.45, 2.75) is 78.6 Å². The Morgan fingerprint density at radius 1 is 0.587 bits per heavy atom. The van der Waals surface area contributed by atoms with Crippen molar-refractivity contribution in [2.24, 2.45) is 0 Å². The van der Waals surface area contributed by atoms with Crippen LogP contribution in [0.4, 0.5) is 8.78 Å². The Morgan fingerprint density at radius 3 is 1.59 bits per heavy atom. The Kier molecular flexibility index (Phi) is 6.74. The molecule has 9 heteroatoms. The first-order chi connectivity index (χ1) is 21.7. The highest BCUT2D eigenvalue weighted by molar-refractivity contribution is 5.88.